The van der Waals surface area contributed by atoms with E-state index in [0.29, 0.717) is 0 Å². The van der Waals surface area contributed by atoms with Crippen molar-refractivity contribution < 1.29 is 0 Å². The van der Waals surface area contributed by atoms with Crippen LogP contribution in [0.4, 0.5) is 11.4 Å². The number of nitrogens with two attached hydrogens (primary N) is 1. The Kier molecular flexibility index (Phi) is 4.00. The molecule has 2 heterocycles. The fourth-order valence-electron chi connectivity index (χ4n) is 3.43. The van der Waals surface area contributed by atoms with Crippen molar-refractivity contribution in [3.05, 3.63) is 30.0 Å². The molecule has 0 saturated carbocycles. The molecule has 1 aromatic heterocycles. The number of nitrogens with zero attached hydrogens (tertiary/aromatic N) is 2. The Bertz CT molecular complexity index is 636. The van der Waals surface area contributed by atoms with E-state index >= 15 is 0 Å². The number of anilines is 2. The van der Waals surface area contributed by atoms with Crippen LogP contribution in [-0.4, -0.2) is 18.1 Å². The van der Waals surface area contributed by atoms with Crippen molar-refractivity contribution in [3.63, 3.8) is 0 Å². The second-order valence-electron chi connectivity index (χ2n) is 6.25. The third-order valence-electron chi connectivity index (χ3n) is 4.70. The lowest BCUT2D eigenvalue weighted by molar-refractivity contribution is 0.459. The lowest BCUT2D eigenvalue weighted by Gasteiger charge is -2.25. The van der Waals surface area contributed by atoms with Crippen molar-refractivity contribution in [1.29, 1.82) is 0 Å². The molecule has 0 aliphatic carbocycles. The van der Waals surface area contributed by atoms with Crippen LogP contribution in [0.5, 0.6) is 0 Å². The van der Waals surface area contributed by atoms with Crippen LogP contribution in [0.3, 0.4) is 0 Å². The van der Waals surface area contributed by atoms with Gasteiger partial charge in [0.2, 0.25) is 0 Å². The molecule has 2 aromatic rings. The minimum Gasteiger partial charge on any atom is -0.399 e. The minimum atomic E-state index is 0.815. The van der Waals surface area contributed by atoms with Crippen LogP contribution in [0.1, 0.15) is 38.3 Å². The number of nitrogen functional groups attached to an aromatic ring is 1. The van der Waals surface area contributed by atoms with Gasteiger partial charge in [-0.25, -0.2) is 0 Å². The molecular weight excluding hydrogens is 258 g/mol. The maximum Gasteiger partial charge on any atom is 0.0727 e. The molecule has 1 fully saturated rings. The first-order valence-corrected chi connectivity index (χ1v) is 8.09. The zero-order valence-electron chi connectivity index (χ0n) is 13.1. The van der Waals surface area contributed by atoms with Gasteiger partial charge >= 0.3 is 0 Å². The Balaban J connectivity index is 2.00. The van der Waals surface area contributed by atoms with E-state index in [1.54, 1.807) is 0 Å². The summed E-state index contributed by atoms with van der Waals surface area (Å²) in [6, 6.07) is 8.26. The zero-order valence-corrected chi connectivity index (χ0v) is 13.1. The highest BCUT2D eigenvalue weighted by Crippen LogP contribution is 2.31. The van der Waals surface area contributed by atoms with E-state index in [2.05, 4.69) is 35.9 Å². The van der Waals surface area contributed by atoms with Crippen LogP contribution in [0.15, 0.2) is 24.3 Å². The molecule has 3 nitrogen and oxygen atoms in total. The van der Waals surface area contributed by atoms with Gasteiger partial charge in [0.1, 0.15) is 0 Å². The van der Waals surface area contributed by atoms with E-state index in [4.69, 9.17) is 5.73 Å². The van der Waals surface area contributed by atoms with E-state index in [1.807, 2.05) is 12.1 Å². The zero-order chi connectivity index (χ0) is 14.8. The van der Waals surface area contributed by atoms with E-state index < -0.39 is 0 Å². The SMILES string of the molecule is CCC1CCCN(c2cc(C)nc3ccc(N)cc23)CC1. The normalized spacial score (nSPS) is 19.7. The summed E-state index contributed by atoms with van der Waals surface area (Å²) < 4.78 is 0. The Labute approximate surface area is 127 Å². The van der Waals surface area contributed by atoms with Gasteiger partial charge in [0.25, 0.3) is 0 Å². The summed E-state index contributed by atoms with van der Waals surface area (Å²) in [5.41, 5.74) is 10.2. The van der Waals surface area contributed by atoms with Crippen LogP contribution in [0.25, 0.3) is 10.9 Å². The van der Waals surface area contributed by atoms with Crippen LogP contribution in [0, 0.1) is 12.8 Å². The molecule has 1 aliphatic rings. The molecule has 1 saturated heterocycles. The van der Waals surface area contributed by atoms with Gasteiger partial charge < -0.3 is 10.6 Å². The number of aromatic nitrogens is 1. The predicted molar refractivity (Wildman–Crippen MR) is 90.7 cm³/mol. The molecule has 0 radical (unpaired) electrons. The molecule has 112 valence electrons. The van der Waals surface area contributed by atoms with Crippen molar-refractivity contribution in [2.24, 2.45) is 5.92 Å². The smallest absolute Gasteiger partial charge is 0.0727 e. The first-order chi connectivity index (χ1) is 10.2. The summed E-state index contributed by atoms with van der Waals surface area (Å²) in [6.07, 6.45) is 5.24. The second-order valence-corrected chi connectivity index (χ2v) is 6.25. The largest absolute Gasteiger partial charge is 0.399 e. The third kappa shape index (κ3) is 2.97. The van der Waals surface area contributed by atoms with Gasteiger partial charge in [0, 0.05) is 35.5 Å². The van der Waals surface area contributed by atoms with E-state index in [1.165, 1.54) is 36.8 Å². The molecule has 0 bridgehead atoms. The summed E-state index contributed by atoms with van der Waals surface area (Å²) >= 11 is 0. The Morgan fingerprint density at radius 1 is 1.24 bits per heavy atom. The number of benzene rings is 1. The summed E-state index contributed by atoms with van der Waals surface area (Å²) in [5.74, 6) is 0.884. The molecule has 3 rings (SSSR count). The summed E-state index contributed by atoms with van der Waals surface area (Å²) in [4.78, 5) is 7.18. The standard InChI is InChI=1S/C18H25N3/c1-3-14-5-4-9-21(10-8-14)18-11-13(2)20-17-7-6-15(19)12-16(17)18/h6-7,11-12,14H,3-5,8-10,19H2,1-2H3. The number of fused-ring (bicyclic) bond motifs is 1. The monoisotopic (exact) mass is 283 g/mol. The first-order valence-electron chi connectivity index (χ1n) is 8.09. The third-order valence-corrected chi connectivity index (χ3v) is 4.70. The van der Waals surface area contributed by atoms with Gasteiger partial charge in [-0.2, -0.15) is 0 Å². The van der Waals surface area contributed by atoms with Gasteiger partial charge in [-0.3, -0.25) is 4.98 Å². The maximum absolute atomic E-state index is 5.99. The number of hydrogen-bond acceptors (Lipinski definition) is 3. The summed E-state index contributed by atoms with van der Waals surface area (Å²) in [5, 5.41) is 1.19. The molecule has 2 N–H and O–H groups in total. The van der Waals surface area contributed by atoms with Crippen molar-refractivity contribution in [1.82, 2.24) is 4.98 Å². The van der Waals surface area contributed by atoms with E-state index in [9.17, 15) is 0 Å². The minimum absolute atomic E-state index is 0.815. The Morgan fingerprint density at radius 3 is 2.90 bits per heavy atom. The summed E-state index contributed by atoms with van der Waals surface area (Å²) in [7, 11) is 0. The lowest BCUT2D eigenvalue weighted by atomic mass is 9.98. The van der Waals surface area contributed by atoms with Crippen molar-refractivity contribution >= 4 is 22.3 Å². The number of aryl methyl sites for hydroxylation is 1. The van der Waals surface area contributed by atoms with Gasteiger partial charge in [0.15, 0.2) is 0 Å². The van der Waals surface area contributed by atoms with Crippen LogP contribution >= 0.6 is 0 Å². The lowest BCUT2D eigenvalue weighted by Crippen LogP contribution is -2.24. The quantitative estimate of drug-likeness (QED) is 0.842. The molecule has 0 spiro atoms. The average molecular weight is 283 g/mol. The Hall–Kier alpha value is -1.77. The summed E-state index contributed by atoms with van der Waals surface area (Å²) in [6.45, 7) is 6.68. The molecule has 1 aliphatic heterocycles. The fraction of sp³-hybridized carbons (Fsp3) is 0.500. The van der Waals surface area contributed by atoms with Crippen LogP contribution in [0.2, 0.25) is 0 Å². The van der Waals surface area contributed by atoms with Crippen molar-refractivity contribution in [3.8, 4) is 0 Å². The molecule has 1 unspecified atom stereocenters. The molecule has 3 heteroatoms. The van der Waals surface area contributed by atoms with Gasteiger partial charge in [-0.15, -0.1) is 0 Å². The molecule has 1 aromatic carbocycles. The van der Waals surface area contributed by atoms with E-state index in [-0.39, 0.29) is 0 Å². The predicted octanol–water partition coefficient (Wildman–Crippen LogP) is 4.14. The molecule has 21 heavy (non-hydrogen) atoms. The van der Waals surface area contributed by atoms with Gasteiger partial charge in [-0.05, 0) is 56.4 Å². The number of pyridine rings is 1. The van der Waals surface area contributed by atoms with E-state index in [0.717, 1.165) is 35.9 Å². The average Bonchev–Trinajstić information content (AvgIpc) is 2.72. The van der Waals surface area contributed by atoms with Crippen molar-refractivity contribution in [2.45, 2.75) is 39.5 Å². The number of hydrogen-bond donors (Lipinski definition) is 1. The van der Waals surface area contributed by atoms with Crippen LogP contribution in [-0.2, 0) is 0 Å². The second kappa shape index (κ2) is 5.92. The maximum atomic E-state index is 5.99. The molecule has 0 amide bonds. The highest BCUT2D eigenvalue weighted by atomic mass is 15.1. The van der Waals surface area contributed by atoms with Crippen LogP contribution < -0.4 is 10.6 Å². The van der Waals surface area contributed by atoms with Crippen molar-refractivity contribution in [2.75, 3.05) is 23.7 Å². The van der Waals surface area contributed by atoms with Gasteiger partial charge in [-0.1, -0.05) is 13.3 Å². The fourth-order valence-corrected chi connectivity index (χ4v) is 3.43. The topological polar surface area (TPSA) is 42.2 Å². The van der Waals surface area contributed by atoms with Gasteiger partial charge in [0.05, 0.1) is 5.52 Å². The molecular formula is C18H25N3. The molecule has 1 atom stereocenters. The Morgan fingerprint density at radius 2 is 2.10 bits per heavy atom. The first kappa shape index (κ1) is 14.2. The highest BCUT2D eigenvalue weighted by molar-refractivity contribution is 5.94. The number of rotatable bonds is 2. The highest BCUT2D eigenvalue weighted by Gasteiger charge is 2.18.